The molecule has 5 heteroatoms. The summed E-state index contributed by atoms with van der Waals surface area (Å²) in [5.41, 5.74) is 4.23. The van der Waals surface area contributed by atoms with Gasteiger partial charge >= 0.3 is 5.97 Å². The molecule has 27 heavy (non-hydrogen) atoms. The SMILES string of the molecule is Cc1cccc(CC(CNC(=O)CCc2ccc3[nH]ccc3c2)C(=O)O)c1. The number of aromatic amines is 1. The zero-order chi connectivity index (χ0) is 19.2. The number of rotatable bonds is 8. The number of benzene rings is 2. The summed E-state index contributed by atoms with van der Waals surface area (Å²) in [6, 6.07) is 15.9. The first kappa shape index (κ1) is 18.7. The molecule has 2 aromatic carbocycles. The van der Waals surface area contributed by atoms with Crippen molar-refractivity contribution in [2.45, 2.75) is 26.2 Å². The Morgan fingerprint density at radius 1 is 1.11 bits per heavy atom. The smallest absolute Gasteiger partial charge is 0.308 e. The monoisotopic (exact) mass is 364 g/mol. The van der Waals surface area contributed by atoms with Crippen molar-refractivity contribution in [2.75, 3.05) is 6.54 Å². The number of aryl methyl sites for hydroxylation is 2. The number of carbonyl (C=O) groups excluding carboxylic acids is 1. The highest BCUT2D eigenvalue weighted by Gasteiger charge is 2.19. The van der Waals surface area contributed by atoms with Gasteiger partial charge < -0.3 is 15.4 Å². The number of carboxylic acids is 1. The van der Waals surface area contributed by atoms with Crippen LogP contribution in [0.4, 0.5) is 0 Å². The van der Waals surface area contributed by atoms with Crippen molar-refractivity contribution in [3.63, 3.8) is 0 Å². The second-order valence-corrected chi connectivity index (χ2v) is 6.93. The van der Waals surface area contributed by atoms with Gasteiger partial charge in [-0.3, -0.25) is 9.59 Å². The number of aromatic nitrogens is 1. The van der Waals surface area contributed by atoms with Crippen molar-refractivity contribution in [1.29, 1.82) is 0 Å². The minimum absolute atomic E-state index is 0.125. The lowest BCUT2D eigenvalue weighted by Gasteiger charge is -2.14. The molecule has 1 unspecified atom stereocenters. The third-order valence-corrected chi connectivity index (χ3v) is 4.72. The van der Waals surface area contributed by atoms with Gasteiger partial charge in [0.1, 0.15) is 0 Å². The van der Waals surface area contributed by atoms with E-state index in [2.05, 4.69) is 16.4 Å². The van der Waals surface area contributed by atoms with Crippen LogP contribution in [-0.2, 0) is 22.4 Å². The van der Waals surface area contributed by atoms with Crippen LogP contribution in [-0.4, -0.2) is 28.5 Å². The van der Waals surface area contributed by atoms with E-state index < -0.39 is 11.9 Å². The lowest BCUT2D eigenvalue weighted by atomic mass is 9.98. The minimum atomic E-state index is -0.894. The van der Waals surface area contributed by atoms with Gasteiger partial charge in [0.15, 0.2) is 0 Å². The maximum absolute atomic E-state index is 12.2. The molecular weight excluding hydrogens is 340 g/mol. The highest BCUT2D eigenvalue weighted by atomic mass is 16.4. The van der Waals surface area contributed by atoms with Crippen LogP contribution in [0.3, 0.4) is 0 Å². The first-order chi connectivity index (χ1) is 13.0. The summed E-state index contributed by atoms with van der Waals surface area (Å²) in [4.78, 5) is 26.8. The van der Waals surface area contributed by atoms with Gasteiger partial charge in [-0.05, 0) is 54.5 Å². The van der Waals surface area contributed by atoms with Crippen molar-refractivity contribution in [3.8, 4) is 0 Å². The van der Waals surface area contributed by atoms with Gasteiger partial charge in [-0.25, -0.2) is 0 Å². The molecule has 1 atom stereocenters. The molecule has 0 aliphatic rings. The Morgan fingerprint density at radius 3 is 2.74 bits per heavy atom. The minimum Gasteiger partial charge on any atom is -0.481 e. The van der Waals surface area contributed by atoms with E-state index in [1.54, 1.807) is 0 Å². The van der Waals surface area contributed by atoms with Crippen LogP contribution >= 0.6 is 0 Å². The molecule has 140 valence electrons. The first-order valence-electron chi connectivity index (χ1n) is 9.12. The van der Waals surface area contributed by atoms with Crippen molar-refractivity contribution in [2.24, 2.45) is 5.92 Å². The number of nitrogens with one attached hydrogen (secondary N) is 2. The van der Waals surface area contributed by atoms with Gasteiger partial charge in [-0.1, -0.05) is 35.9 Å². The molecule has 0 radical (unpaired) electrons. The van der Waals surface area contributed by atoms with Crippen LogP contribution < -0.4 is 5.32 Å². The van der Waals surface area contributed by atoms with E-state index in [0.717, 1.165) is 27.6 Å². The fourth-order valence-corrected chi connectivity index (χ4v) is 3.21. The van der Waals surface area contributed by atoms with E-state index in [1.165, 1.54) is 0 Å². The molecule has 0 saturated carbocycles. The fourth-order valence-electron chi connectivity index (χ4n) is 3.21. The van der Waals surface area contributed by atoms with E-state index in [1.807, 2.05) is 55.6 Å². The quantitative estimate of drug-likeness (QED) is 0.572. The van der Waals surface area contributed by atoms with Gasteiger partial charge in [0.2, 0.25) is 5.91 Å². The molecule has 3 rings (SSSR count). The van der Waals surface area contributed by atoms with Crippen molar-refractivity contribution < 1.29 is 14.7 Å². The van der Waals surface area contributed by atoms with E-state index in [-0.39, 0.29) is 12.5 Å². The molecule has 1 amide bonds. The Bertz CT molecular complexity index is 945. The molecule has 0 bridgehead atoms. The van der Waals surface area contributed by atoms with Crippen molar-refractivity contribution in [1.82, 2.24) is 10.3 Å². The number of amides is 1. The van der Waals surface area contributed by atoms with Crippen LogP contribution in [0.15, 0.2) is 54.7 Å². The Hall–Kier alpha value is -3.08. The number of carboxylic acid groups (broad SMARTS) is 1. The lowest BCUT2D eigenvalue weighted by Crippen LogP contribution is -2.34. The average molecular weight is 364 g/mol. The zero-order valence-corrected chi connectivity index (χ0v) is 15.4. The largest absolute Gasteiger partial charge is 0.481 e. The van der Waals surface area contributed by atoms with Crippen LogP contribution in [0.1, 0.15) is 23.1 Å². The molecule has 3 N–H and O–H groups in total. The molecule has 0 fully saturated rings. The van der Waals surface area contributed by atoms with E-state index in [0.29, 0.717) is 19.3 Å². The average Bonchev–Trinajstić information content (AvgIpc) is 3.11. The third-order valence-electron chi connectivity index (χ3n) is 4.72. The summed E-state index contributed by atoms with van der Waals surface area (Å²) >= 11 is 0. The Labute approximate surface area is 158 Å². The maximum Gasteiger partial charge on any atom is 0.308 e. The van der Waals surface area contributed by atoms with Gasteiger partial charge in [-0.15, -0.1) is 0 Å². The second kappa shape index (κ2) is 8.54. The van der Waals surface area contributed by atoms with Gasteiger partial charge in [-0.2, -0.15) is 0 Å². The Kier molecular flexibility index (Phi) is 5.91. The highest BCUT2D eigenvalue weighted by Crippen LogP contribution is 2.15. The number of carbonyl (C=O) groups is 2. The van der Waals surface area contributed by atoms with E-state index >= 15 is 0 Å². The standard InChI is InChI=1S/C22H24N2O3/c1-15-3-2-4-17(11-15)13-19(22(26)27)14-24-21(25)8-6-16-5-7-20-18(12-16)9-10-23-20/h2-5,7,9-12,19,23H,6,8,13-14H2,1H3,(H,24,25)(H,26,27). The molecule has 0 spiro atoms. The lowest BCUT2D eigenvalue weighted by molar-refractivity contribution is -0.141. The predicted octanol–water partition coefficient (Wildman–Crippen LogP) is 3.47. The summed E-state index contributed by atoms with van der Waals surface area (Å²) in [5, 5.41) is 13.3. The number of fused-ring (bicyclic) bond motifs is 1. The van der Waals surface area contributed by atoms with Gasteiger partial charge in [0.25, 0.3) is 0 Å². The third kappa shape index (κ3) is 5.20. The van der Waals surface area contributed by atoms with Crippen LogP contribution in [0.2, 0.25) is 0 Å². The summed E-state index contributed by atoms with van der Waals surface area (Å²) in [5.74, 6) is -1.65. The fraction of sp³-hybridized carbons (Fsp3) is 0.273. The van der Waals surface area contributed by atoms with Gasteiger partial charge in [0.05, 0.1) is 5.92 Å². The van der Waals surface area contributed by atoms with Crippen molar-refractivity contribution >= 4 is 22.8 Å². The summed E-state index contributed by atoms with van der Waals surface area (Å²) in [6.45, 7) is 2.12. The summed E-state index contributed by atoms with van der Waals surface area (Å²) < 4.78 is 0. The number of hydrogen-bond acceptors (Lipinski definition) is 2. The maximum atomic E-state index is 12.2. The van der Waals surface area contributed by atoms with E-state index in [4.69, 9.17) is 0 Å². The van der Waals surface area contributed by atoms with Crippen LogP contribution in [0.5, 0.6) is 0 Å². The van der Waals surface area contributed by atoms with Crippen molar-refractivity contribution in [3.05, 3.63) is 71.4 Å². The Balaban J connectivity index is 1.50. The van der Waals surface area contributed by atoms with Gasteiger partial charge in [0, 0.05) is 24.7 Å². The molecule has 5 nitrogen and oxygen atoms in total. The number of aliphatic carboxylic acids is 1. The van der Waals surface area contributed by atoms with E-state index in [9.17, 15) is 14.7 Å². The summed E-state index contributed by atoms with van der Waals surface area (Å²) in [6.07, 6.45) is 3.26. The second-order valence-electron chi connectivity index (χ2n) is 6.93. The zero-order valence-electron chi connectivity index (χ0n) is 15.4. The molecule has 1 aromatic heterocycles. The van der Waals surface area contributed by atoms with Crippen LogP contribution in [0, 0.1) is 12.8 Å². The predicted molar refractivity (Wildman–Crippen MR) is 106 cm³/mol. The van der Waals surface area contributed by atoms with Crippen LogP contribution in [0.25, 0.3) is 10.9 Å². The molecule has 0 aliphatic heterocycles. The molecule has 0 saturated heterocycles. The number of hydrogen-bond donors (Lipinski definition) is 3. The summed E-state index contributed by atoms with van der Waals surface area (Å²) in [7, 11) is 0. The Morgan fingerprint density at radius 2 is 1.96 bits per heavy atom. The molecule has 0 aliphatic carbocycles. The first-order valence-corrected chi connectivity index (χ1v) is 9.12. The molecule has 3 aromatic rings. The normalized spacial score (nSPS) is 12.0. The number of H-pyrrole nitrogens is 1. The topological polar surface area (TPSA) is 82.2 Å². The highest BCUT2D eigenvalue weighted by molar-refractivity contribution is 5.81. The molecule has 1 heterocycles. The molecular formula is C22H24N2O3.